The van der Waals surface area contributed by atoms with Gasteiger partial charge in [-0.2, -0.15) is 0 Å². The third kappa shape index (κ3) is 6.45. The summed E-state index contributed by atoms with van der Waals surface area (Å²) in [6, 6.07) is -0.154. The molecular formula is C16H28N2O4. The molecule has 2 N–H and O–H groups in total. The summed E-state index contributed by atoms with van der Waals surface area (Å²) in [6.45, 7) is 3.25. The molecule has 22 heavy (non-hydrogen) atoms. The van der Waals surface area contributed by atoms with Gasteiger partial charge in [-0.1, -0.05) is 32.6 Å². The van der Waals surface area contributed by atoms with Gasteiger partial charge >= 0.3 is 5.97 Å². The van der Waals surface area contributed by atoms with E-state index in [0.29, 0.717) is 18.8 Å². The molecule has 0 saturated heterocycles. The average Bonchev–Trinajstić information content (AvgIpc) is 3.00. The van der Waals surface area contributed by atoms with Crippen LogP contribution in [0.1, 0.15) is 58.8 Å². The number of amides is 2. The quantitative estimate of drug-likeness (QED) is 0.679. The van der Waals surface area contributed by atoms with Gasteiger partial charge in [0.1, 0.15) is 6.54 Å². The normalized spacial score (nSPS) is 16.3. The SMILES string of the molecule is CCC(C)N(CC(=O)O)C(=O)CNC(=O)CCC1CCCC1. The van der Waals surface area contributed by atoms with Crippen molar-refractivity contribution in [2.24, 2.45) is 5.92 Å². The molecule has 0 aromatic rings. The Hall–Kier alpha value is -1.59. The molecule has 1 atom stereocenters. The van der Waals surface area contributed by atoms with Gasteiger partial charge in [-0.05, 0) is 25.7 Å². The fraction of sp³-hybridized carbons (Fsp3) is 0.812. The molecule has 0 aliphatic heterocycles. The van der Waals surface area contributed by atoms with Crippen LogP contribution in [0.4, 0.5) is 0 Å². The van der Waals surface area contributed by atoms with E-state index < -0.39 is 5.97 Å². The van der Waals surface area contributed by atoms with Crippen LogP contribution in [0.5, 0.6) is 0 Å². The van der Waals surface area contributed by atoms with Gasteiger partial charge in [0.05, 0.1) is 6.54 Å². The van der Waals surface area contributed by atoms with E-state index in [2.05, 4.69) is 5.32 Å². The standard InChI is InChI=1S/C16H28N2O4/c1-3-12(2)18(11-16(21)22)15(20)10-17-14(19)9-8-13-6-4-5-7-13/h12-13H,3-11H2,1-2H3,(H,17,19)(H,21,22). The van der Waals surface area contributed by atoms with E-state index in [1.54, 1.807) is 0 Å². The number of carboxylic acid groups (broad SMARTS) is 1. The van der Waals surface area contributed by atoms with Crippen molar-refractivity contribution in [1.82, 2.24) is 10.2 Å². The first-order valence-electron chi connectivity index (χ1n) is 8.22. The maximum Gasteiger partial charge on any atom is 0.323 e. The van der Waals surface area contributed by atoms with Crippen LogP contribution in [0.2, 0.25) is 0 Å². The summed E-state index contributed by atoms with van der Waals surface area (Å²) >= 11 is 0. The lowest BCUT2D eigenvalue weighted by Crippen LogP contribution is -2.46. The van der Waals surface area contributed by atoms with Gasteiger partial charge in [0, 0.05) is 12.5 Å². The van der Waals surface area contributed by atoms with Crippen LogP contribution in [0.15, 0.2) is 0 Å². The first kappa shape index (κ1) is 18.5. The Bertz CT molecular complexity index is 392. The van der Waals surface area contributed by atoms with Gasteiger partial charge < -0.3 is 15.3 Å². The second kappa shape index (κ2) is 9.43. The minimum atomic E-state index is -1.04. The molecule has 2 amide bonds. The largest absolute Gasteiger partial charge is 0.480 e. The van der Waals surface area contributed by atoms with Gasteiger partial charge in [-0.25, -0.2) is 0 Å². The van der Waals surface area contributed by atoms with Crippen LogP contribution < -0.4 is 5.32 Å². The van der Waals surface area contributed by atoms with Crippen molar-refractivity contribution < 1.29 is 19.5 Å². The molecule has 6 nitrogen and oxygen atoms in total. The first-order valence-corrected chi connectivity index (χ1v) is 8.22. The van der Waals surface area contributed by atoms with Crippen molar-refractivity contribution in [1.29, 1.82) is 0 Å². The number of aliphatic carboxylic acids is 1. The number of hydrogen-bond donors (Lipinski definition) is 2. The zero-order chi connectivity index (χ0) is 16.5. The van der Waals surface area contributed by atoms with Crippen LogP contribution in [0.25, 0.3) is 0 Å². The first-order chi connectivity index (χ1) is 10.4. The molecule has 126 valence electrons. The van der Waals surface area contributed by atoms with E-state index in [4.69, 9.17) is 5.11 Å². The van der Waals surface area contributed by atoms with Crippen LogP contribution >= 0.6 is 0 Å². The van der Waals surface area contributed by atoms with Gasteiger partial charge in [0.25, 0.3) is 0 Å². The van der Waals surface area contributed by atoms with Gasteiger partial charge in [-0.15, -0.1) is 0 Å². The molecule has 0 bridgehead atoms. The van der Waals surface area contributed by atoms with E-state index >= 15 is 0 Å². The van der Waals surface area contributed by atoms with Crippen molar-refractivity contribution >= 4 is 17.8 Å². The Morgan fingerprint density at radius 3 is 2.45 bits per heavy atom. The number of nitrogens with one attached hydrogen (secondary N) is 1. The van der Waals surface area contributed by atoms with Crippen LogP contribution in [0.3, 0.4) is 0 Å². The summed E-state index contributed by atoms with van der Waals surface area (Å²) in [5, 5.41) is 11.5. The number of carbonyl (C=O) groups excluding carboxylic acids is 2. The van der Waals surface area contributed by atoms with E-state index in [1.165, 1.54) is 30.6 Å². The zero-order valence-electron chi connectivity index (χ0n) is 13.6. The molecular weight excluding hydrogens is 284 g/mol. The van der Waals surface area contributed by atoms with Gasteiger partial charge in [0.2, 0.25) is 11.8 Å². The molecule has 1 saturated carbocycles. The van der Waals surface area contributed by atoms with E-state index in [1.807, 2.05) is 13.8 Å². The lowest BCUT2D eigenvalue weighted by molar-refractivity contribution is -0.145. The summed E-state index contributed by atoms with van der Waals surface area (Å²) < 4.78 is 0. The molecule has 1 aliphatic carbocycles. The van der Waals surface area contributed by atoms with Crippen LogP contribution in [-0.2, 0) is 14.4 Å². The van der Waals surface area contributed by atoms with Gasteiger partial charge in [-0.3, -0.25) is 14.4 Å². The van der Waals surface area contributed by atoms with Crippen LogP contribution in [0, 0.1) is 5.92 Å². The third-order valence-corrected chi connectivity index (χ3v) is 4.44. The second-order valence-corrected chi connectivity index (χ2v) is 6.14. The molecule has 0 heterocycles. The number of carbonyl (C=O) groups is 3. The van der Waals surface area contributed by atoms with Crippen molar-refractivity contribution in [2.45, 2.75) is 64.8 Å². The molecule has 1 unspecified atom stereocenters. The fourth-order valence-electron chi connectivity index (χ4n) is 2.85. The highest BCUT2D eigenvalue weighted by atomic mass is 16.4. The predicted octanol–water partition coefficient (Wildman–Crippen LogP) is 1.78. The topological polar surface area (TPSA) is 86.7 Å². The van der Waals surface area contributed by atoms with E-state index in [9.17, 15) is 14.4 Å². The monoisotopic (exact) mass is 312 g/mol. The zero-order valence-corrected chi connectivity index (χ0v) is 13.6. The average molecular weight is 312 g/mol. The van der Waals surface area contributed by atoms with E-state index in [0.717, 1.165) is 6.42 Å². The molecule has 0 radical (unpaired) electrons. The van der Waals surface area contributed by atoms with Crippen LogP contribution in [-0.4, -0.2) is 46.9 Å². The molecule has 1 fully saturated rings. The Morgan fingerprint density at radius 2 is 1.91 bits per heavy atom. The van der Waals surface area contributed by atoms with Crippen molar-refractivity contribution in [3.05, 3.63) is 0 Å². The molecule has 0 spiro atoms. The van der Waals surface area contributed by atoms with Crippen molar-refractivity contribution in [3.63, 3.8) is 0 Å². The maximum absolute atomic E-state index is 12.1. The lowest BCUT2D eigenvalue weighted by Gasteiger charge is -2.27. The smallest absolute Gasteiger partial charge is 0.323 e. The summed E-state index contributed by atoms with van der Waals surface area (Å²) in [5.74, 6) is -0.864. The predicted molar refractivity (Wildman–Crippen MR) is 83.3 cm³/mol. The highest BCUT2D eigenvalue weighted by Crippen LogP contribution is 2.28. The summed E-state index contributed by atoms with van der Waals surface area (Å²) in [6.07, 6.45) is 6.91. The Kier molecular flexibility index (Phi) is 7.91. The third-order valence-electron chi connectivity index (χ3n) is 4.44. The molecule has 0 aromatic heterocycles. The molecule has 1 rings (SSSR count). The maximum atomic E-state index is 12.1. The Labute approximate surface area is 132 Å². The fourth-order valence-corrected chi connectivity index (χ4v) is 2.85. The van der Waals surface area contributed by atoms with E-state index in [-0.39, 0.29) is 30.9 Å². The second-order valence-electron chi connectivity index (χ2n) is 6.14. The number of hydrogen-bond acceptors (Lipinski definition) is 3. The number of carboxylic acids is 1. The minimum absolute atomic E-state index is 0.124. The molecule has 6 heteroatoms. The number of nitrogens with zero attached hydrogens (tertiary/aromatic N) is 1. The van der Waals surface area contributed by atoms with Gasteiger partial charge in [0.15, 0.2) is 0 Å². The number of rotatable bonds is 9. The van der Waals surface area contributed by atoms with Crippen molar-refractivity contribution in [2.75, 3.05) is 13.1 Å². The summed E-state index contributed by atoms with van der Waals surface area (Å²) in [5.41, 5.74) is 0. The summed E-state index contributed by atoms with van der Waals surface area (Å²) in [4.78, 5) is 36.0. The summed E-state index contributed by atoms with van der Waals surface area (Å²) in [7, 11) is 0. The molecule has 0 aromatic carbocycles. The lowest BCUT2D eigenvalue weighted by atomic mass is 10.0. The Morgan fingerprint density at radius 1 is 1.27 bits per heavy atom. The highest BCUT2D eigenvalue weighted by molar-refractivity contribution is 5.87. The Balaban J connectivity index is 2.34. The minimum Gasteiger partial charge on any atom is -0.480 e. The highest BCUT2D eigenvalue weighted by Gasteiger charge is 2.22. The van der Waals surface area contributed by atoms with Crippen molar-refractivity contribution in [3.8, 4) is 0 Å². The molecule has 1 aliphatic rings.